The van der Waals surface area contributed by atoms with Crippen molar-refractivity contribution in [1.29, 1.82) is 0 Å². The number of hydrogen-bond donors (Lipinski definition) is 1. The van der Waals surface area contributed by atoms with Gasteiger partial charge in [0.05, 0.1) is 12.5 Å². The predicted molar refractivity (Wildman–Crippen MR) is 62.8 cm³/mol. The lowest BCUT2D eigenvalue weighted by Gasteiger charge is -2.23. The van der Waals surface area contributed by atoms with E-state index in [4.69, 9.17) is 4.74 Å². The highest BCUT2D eigenvalue weighted by Crippen LogP contribution is 2.29. The van der Waals surface area contributed by atoms with Crippen LogP contribution < -0.4 is 4.74 Å². The standard InChI is InChI=1S/C13H16O3/c1-4-9-13(2,12(14)15)10-5-7-11(16-3)8-6-10/h4-8H,1,9H2,2-3H3,(H,14,15)/t13-/m1/s1. The first-order chi connectivity index (χ1) is 7.54. The third-order valence-corrected chi connectivity index (χ3v) is 2.75. The second-order valence-electron chi connectivity index (χ2n) is 3.86. The van der Waals surface area contributed by atoms with Crippen molar-refractivity contribution < 1.29 is 14.6 Å². The van der Waals surface area contributed by atoms with E-state index in [0.29, 0.717) is 6.42 Å². The fraction of sp³-hybridized carbons (Fsp3) is 0.308. The fourth-order valence-corrected chi connectivity index (χ4v) is 1.58. The van der Waals surface area contributed by atoms with Crippen LogP contribution in [0.3, 0.4) is 0 Å². The highest BCUT2D eigenvalue weighted by atomic mass is 16.5. The van der Waals surface area contributed by atoms with E-state index in [1.165, 1.54) is 0 Å². The molecule has 0 unspecified atom stereocenters. The summed E-state index contributed by atoms with van der Waals surface area (Å²) in [5.74, 6) is -0.132. The molecule has 0 spiro atoms. The lowest BCUT2D eigenvalue weighted by atomic mass is 9.79. The van der Waals surface area contributed by atoms with E-state index < -0.39 is 11.4 Å². The van der Waals surface area contributed by atoms with Gasteiger partial charge in [-0.25, -0.2) is 0 Å². The average molecular weight is 220 g/mol. The molecule has 3 heteroatoms. The number of carbonyl (C=O) groups is 1. The van der Waals surface area contributed by atoms with Gasteiger partial charge in [-0.2, -0.15) is 0 Å². The summed E-state index contributed by atoms with van der Waals surface area (Å²) in [4.78, 5) is 11.3. The molecule has 0 aromatic heterocycles. The number of carboxylic acid groups (broad SMARTS) is 1. The summed E-state index contributed by atoms with van der Waals surface area (Å²) in [6.45, 7) is 5.29. The van der Waals surface area contributed by atoms with E-state index in [2.05, 4.69) is 6.58 Å². The number of ether oxygens (including phenoxy) is 1. The van der Waals surface area contributed by atoms with Crippen molar-refractivity contribution in [2.24, 2.45) is 0 Å². The summed E-state index contributed by atoms with van der Waals surface area (Å²) in [5.41, 5.74) is -0.172. The highest BCUT2D eigenvalue weighted by Gasteiger charge is 2.33. The van der Waals surface area contributed by atoms with E-state index in [0.717, 1.165) is 11.3 Å². The van der Waals surface area contributed by atoms with Crippen LogP contribution in [0.2, 0.25) is 0 Å². The van der Waals surface area contributed by atoms with Crippen molar-refractivity contribution in [3.63, 3.8) is 0 Å². The molecule has 0 heterocycles. The Labute approximate surface area is 95.4 Å². The van der Waals surface area contributed by atoms with Crippen molar-refractivity contribution in [3.05, 3.63) is 42.5 Å². The molecule has 3 nitrogen and oxygen atoms in total. The van der Waals surface area contributed by atoms with E-state index in [9.17, 15) is 9.90 Å². The van der Waals surface area contributed by atoms with Gasteiger partial charge in [0.2, 0.25) is 0 Å². The van der Waals surface area contributed by atoms with Crippen molar-refractivity contribution in [1.82, 2.24) is 0 Å². The zero-order chi connectivity index (χ0) is 12.2. The maximum Gasteiger partial charge on any atom is 0.314 e. The maximum atomic E-state index is 11.3. The Kier molecular flexibility index (Phi) is 3.72. The molecular formula is C13H16O3. The SMILES string of the molecule is C=CC[C@@](C)(C(=O)O)c1ccc(OC)cc1. The van der Waals surface area contributed by atoms with Gasteiger partial charge in [-0.3, -0.25) is 4.79 Å². The molecule has 0 saturated carbocycles. The van der Waals surface area contributed by atoms with Crippen molar-refractivity contribution in [3.8, 4) is 5.75 Å². The highest BCUT2D eigenvalue weighted by molar-refractivity contribution is 5.81. The summed E-state index contributed by atoms with van der Waals surface area (Å²) in [7, 11) is 1.58. The van der Waals surface area contributed by atoms with Gasteiger partial charge in [-0.1, -0.05) is 18.2 Å². The van der Waals surface area contributed by atoms with Gasteiger partial charge in [0, 0.05) is 0 Å². The monoisotopic (exact) mass is 220 g/mol. The summed E-state index contributed by atoms with van der Waals surface area (Å²) < 4.78 is 5.03. The van der Waals surface area contributed by atoms with Crippen LogP contribution in [0.4, 0.5) is 0 Å². The summed E-state index contributed by atoms with van der Waals surface area (Å²) in [5, 5.41) is 9.26. The van der Waals surface area contributed by atoms with Crippen molar-refractivity contribution in [2.75, 3.05) is 7.11 Å². The van der Waals surface area contributed by atoms with Gasteiger partial charge in [0.1, 0.15) is 5.75 Å². The van der Waals surface area contributed by atoms with E-state index in [1.807, 2.05) is 0 Å². The Morgan fingerprint density at radius 1 is 1.50 bits per heavy atom. The third-order valence-electron chi connectivity index (χ3n) is 2.75. The molecule has 1 atom stereocenters. The van der Waals surface area contributed by atoms with Gasteiger partial charge in [0.25, 0.3) is 0 Å². The van der Waals surface area contributed by atoms with Gasteiger partial charge < -0.3 is 9.84 Å². The van der Waals surface area contributed by atoms with E-state index >= 15 is 0 Å². The molecule has 0 bridgehead atoms. The quantitative estimate of drug-likeness (QED) is 0.776. The average Bonchev–Trinajstić information content (AvgIpc) is 2.29. The Hall–Kier alpha value is -1.77. The molecule has 1 aromatic carbocycles. The fourth-order valence-electron chi connectivity index (χ4n) is 1.58. The Morgan fingerprint density at radius 2 is 2.06 bits per heavy atom. The van der Waals surface area contributed by atoms with Crippen LogP contribution in [0.15, 0.2) is 36.9 Å². The molecule has 0 aliphatic heterocycles. The molecule has 16 heavy (non-hydrogen) atoms. The van der Waals surface area contributed by atoms with Gasteiger partial charge >= 0.3 is 5.97 Å². The van der Waals surface area contributed by atoms with Crippen LogP contribution in [0, 0.1) is 0 Å². The molecular weight excluding hydrogens is 204 g/mol. The molecule has 0 aliphatic rings. The Bertz CT molecular complexity index is 381. The number of benzene rings is 1. The number of methoxy groups -OCH3 is 1. The smallest absolute Gasteiger partial charge is 0.314 e. The second kappa shape index (κ2) is 4.84. The number of allylic oxidation sites excluding steroid dienone is 1. The van der Waals surface area contributed by atoms with Gasteiger partial charge in [-0.15, -0.1) is 6.58 Å². The number of aliphatic carboxylic acids is 1. The Morgan fingerprint density at radius 3 is 2.44 bits per heavy atom. The third kappa shape index (κ3) is 2.24. The summed E-state index contributed by atoms with van der Waals surface area (Å²) in [6.07, 6.45) is 2.02. The van der Waals surface area contributed by atoms with Crippen molar-refractivity contribution in [2.45, 2.75) is 18.8 Å². The topological polar surface area (TPSA) is 46.5 Å². The van der Waals surface area contributed by atoms with Crippen LogP contribution in [0.25, 0.3) is 0 Å². The Balaban J connectivity index is 3.11. The molecule has 0 aliphatic carbocycles. The minimum absolute atomic E-state index is 0.397. The van der Waals surface area contributed by atoms with Crippen molar-refractivity contribution >= 4 is 5.97 Å². The van der Waals surface area contributed by atoms with Gasteiger partial charge in [-0.05, 0) is 31.0 Å². The first-order valence-electron chi connectivity index (χ1n) is 5.03. The summed E-state index contributed by atoms with van der Waals surface area (Å²) in [6, 6.07) is 7.08. The number of rotatable bonds is 5. The zero-order valence-corrected chi connectivity index (χ0v) is 9.56. The largest absolute Gasteiger partial charge is 0.497 e. The summed E-state index contributed by atoms with van der Waals surface area (Å²) >= 11 is 0. The molecule has 1 rings (SSSR count). The number of hydrogen-bond acceptors (Lipinski definition) is 2. The lowest BCUT2D eigenvalue weighted by Crippen LogP contribution is -2.31. The van der Waals surface area contributed by atoms with Crippen LogP contribution in [0.1, 0.15) is 18.9 Å². The van der Waals surface area contributed by atoms with E-state index in [-0.39, 0.29) is 0 Å². The molecule has 0 radical (unpaired) electrons. The number of carboxylic acids is 1. The van der Waals surface area contributed by atoms with Crippen LogP contribution in [-0.2, 0) is 10.2 Å². The molecule has 86 valence electrons. The zero-order valence-electron chi connectivity index (χ0n) is 9.56. The maximum absolute atomic E-state index is 11.3. The van der Waals surface area contributed by atoms with E-state index in [1.54, 1.807) is 44.4 Å². The van der Waals surface area contributed by atoms with Crippen LogP contribution in [-0.4, -0.2) is 18.2 Å². The molecule has 0 saturated heterocycles. The lowest BCUT2D eigenvalue weighted by molar-refractivity contribution is -0.143. The molecule has 0 fully saturated rings. The first kappa shape index (κ1) is 12.3. The predicted octanol–water partition coefficient (Wildman–Crippen LogP) is 2.61. The van der Waals surface area contributed by atoms with Gasteiger partial charge in [0.15, 0.2) is 0 Å². The first-order valence-corrected chi connectivity index (χ1v) is 5.03. The minimum atomic E-state index is -0.923. The molecule has 1 N–H and O–H groups in total. The minimum Gasteiger partial charge on any atom is -0.497 e. The molecule has 1 aromatic rings. The van der Waals surface area contributed by atoms with Crippen LogP contribution in [0.5, 0.6) is 5.75 Å². The normalized spacial score (nSPS) is 13.9. The molecule has 0 amide bonds. The second-order valence-corrected chi connectivity index (χ2v) is 3.86. The van der Waals surface area contributed by atoms with Crippen LogP contribution >= 0.6 is 0 Å².